The third-order valence-electron chi connectivity index (χ3n) is 3.72. The van der Waals surface area contributed by atoms with Crippen LogP contribution in [0.4, 0.5) is 0 Å². The summed E-state index contributed by atoms with van der Waals surface area (Å²) in [5.74, 6) is 1.48. The lowest BCUT2D eigenvalue weighted by molar-refractivity contribution is -0.123. The lowest BCUT2D eigenvalue weighted by atomic mass is 9.99. The van der Waals surface area contributed by atoms with Crippen molar-refractivity contribution in [3.63, 3.8) is 0 Å². The topological polar surface area (TPSA) is 73.6 Å². The zero-order chi connectivity index (χ0) is 15.8. The molecule has 6 heteroatoms. The molecule has 0 aromatic heterocycles. The van der Waals surface area contributed by atoms with Crippen molar-refractivity contribution in [1.29, 1.82) is 0 Å². The molecular formula is C16H27ClN2O3. The van der Waals surface area contributed by atoms with Crippen molar-refractivity contribution in [2.24, 2.45) is 11.7 Å². The summed E-state index contributed by atoms with van der Waals surface area (Å²) in [6, 6.07) is 5.29. The van der Waals surface area contributed by atoms with Crippen molar-refractivity contribution in [3.8, 4) is 11.5 Å². The predicted molar refractivity (Wildman–Crippen MR) is 90.9 cm³/mol. The average molecular weight is 331 g/mol. The third kappa shape index (κ3) is 5.73. The molecule has 0 spiro atoms. The van der Waals surface area contributed by atoms with Crippen LogP contribution in [0.3, 0.4) is 0 Å². The quantitative estimate of drug-likeness (QED) is 0.766. The lowest BCUT2D eigenvalue weighted by Crippen LogP contribution is -2.45. The van der Waals surface area contributed by atoms with E-state index in [1.54, 1.807) is 14.2 Å². The van der Waals surface area contributed by atoms with Gasteiger partial charge < -0.3 is 20.5 Å². The van der Waals surface area contributed by atoms with Gasteiger partial charge >= 0.3 is 0 Å². The normalized spacial score (nSPS) is 12.8. The molecule has 126 valence electrons. The molecule has 0 heterocycles. The van der Waals surface area contributed by atoms with Crippen LogP contribution in [0.1, 0.15) is 25.8 Å². The number of ether oxygens (including phenoxy) is 2. The highest BCUT2D eigenvalue weighted by Gasteiger charge is 2.18. The van der Waals surface area contributed by atoms with Crippen LogP contribution in [0.15, 0.2) is 18.2 Å². The van der Waals surface area contributed by atoms with Crippen LogP contribution in [-0.4, -0.2) is 32.7 Å². The molecule has 1 amide bonds. The van der Waals surface area contributed by atoms with E-state index >= 15 is 0 Å². The number of benzene rings is 1. The van der Waals surface area contributed by atoms with E-state index in [4.69, 9.17) is 15.2 Å². The number of halogens is 1. The monoisotopic (exact) mass is 330 g/mol. The first kappa shape index (κ1) is 20.5. The first-order valence-corrected chi connectivity index (χ1v) is 7.27. The smallest absolute Gasteiger partial charge is 0.237 e. The fourth-order valence-electron chi connectivity index (χ4n) is 2.00. The highest BCUT2D eigenvalue weighted by atomic mass is 35.5. The summed E-state index contributed by atoms with van der Waals surface area (Å²) < 4.78 is 10.4. The molecule has 1 aromatic rings. The van der Waals surface area contributed by atoms with Gasteiger partial charge in [-0.3, -0.25) is 4.79 Å². The molecule has 2 atom stereocenters. The second-order valence-electron chi connectivity index (χ2n) is 5.14. The molecule has 3 N–H and O–H groups in total. The van der Waals surface area contributed by atoms with Crippen molar-refractivity contribution in [2.45, 2.75) is 32.7 Å². The second kappa shape index (κ2) is 10.3. The molecule has 0 saturated heterocycles. The fraction of sp³-hybridized carbons (Fsp3) is 0.562. The van der Waals surface area contributed by atoms with Gasteiger partial charge in [-0.25, -0.2) is 0 Å². The van der Waals surface area contributed by atoms with E-state index in [1.165, 1.54) is 0 Å². The summed E-state index contributed by atoms with van der Waals surface area (Å²) in [7, 11) is 3.21. The van der Waals surface area contributed by atoms with Crippen molar-refractivity contribution in [3.05, 3.63) is 23.8 Å². The Bertz CT molecular complexity index is 469. The molecule has 1 aromatic carbocycles. The number of hydrogen-bond acceptors (Lipinski definition) is 4. The van der Waals surface area contributed by atoms with Gasteiger partial charge in [0.15, 0.2) is 11.5 Å². The zero-order valence-corrected chi connectivity index (χ0v) is 14.5. The number of methoxy groups -OCH3 is 2. The molecule has 1 rings (SSSR count). The molecule has 0 radical (unpaired) electrons. The maximum Gasteiger partial charge on any atom is 0.237 e. The Kier molecular flexibility index (Phi) is 9.61. The second-order valence-corrected chi connectivity index (χ2v) is 5.14. The molecule has 0 bridgehead atoms. The Morgan fingerprint density at radius 2 is 1.91 bits per heavy atom. The third-order valence-corrected chi connectivity index (χ3v) is 3.72. The van der Waals surface area contributed by atoms with Gasteiger partial charge in [-0.15, -0.1) is 12.4 Å². The number of nitrogens with two attached hydrogens (primary N) is 1. The summed E-state index contributed by atoms with van der Waals surface area (Å²) in [6.07, 6.45) is 1.61. The fourth-order valence-corrected chi connectivity index (χ4v) is 2.00. The Hall–Kier alpha value is -1.46. The Morgan fingerprint density at radius 3 is 2.45 bits per heavy atom. The van der Waals surface area contributed by atoms with Crippen molar-refractivity contribution >= 4 is 18.3 Å². The Morgan fingerprint density at radius 1 is 1.27 bits per heavy atom. The molecule has 0 aliphatic carbocycles. The molecule has 0 fully saturated rings. The molecule has 0 saturated carbocycles. The number of carbonyl (C=O) groups is 1. The van der Waals surface area contributed by atoms with Crippen LogP contribution in [0.5, 0.6) is 11.5 Å². The van der Waals surface area contributed by atoms with E-state index < -0.39 is 6.04 Å². The van der Waals surface area contributed by atoms with E-state index in [1.807, 2.05) is 32.0 Å². The van der Waals surface area contributed by atoms with E-state index in [-0.39, 0.29) is 24.2 Å². The van der Waals surface area contributed by atoms with Crippen LogP contribution < -0.4 is 20.5 Å². The summed E-state index contributed by atoms with van der Waals surface area (Å²) in [4.78, 5) is 11.9. The molecule has 0 aliphatic heterocycles. The molecule has 0 aliphatic rings. The zero-order valence-electron chi connectivity index (χ0n) is 13.7. The predicted octanol–water partition coefficient (Wildman–Crippen LogP) is 2.16. The van der Waals surface area contributed by atoms with Crippen LogP contribution in [0.25, 0.3) is 0 Å². The number of nitrogens with one attached hydrogen (secondary N) is 1. The number of hydrogen-bond donors (Lipinski definition) is 2. The molecule has 22 heavy (non-hydrogen) atoms. The standard InChI is InChI=1S/C16H26N2O3.ClH/c1-5-11(2)15(17)16(19)18-9-8-12-6-7-13(20-3)14(10-12)21-4;/h6-7,10-11,15H,5,8-9,17H2,1-4H3,(H,18,19);1H. The van der Waals surface area contributed by atoms with Gasteiger partial charge in [0.1, 0.15) is 0 Å². The number of rotatable bonds is 8. The highest BCUT2D eigenvalue weighted by Crippen LogP contribution is 2.27. The van der Waals surface area contributed by atoms with E-state index in [2.05, 4.69) is 5.32 Å². The van der Waals surface area contributed by atoms with Crippen molar-refractivity contribution < 1.29 is 14.3 Å². The lowest BCUT2D eigenvalue weighted by Gasteiger charge is -2.17. The minimum Gasteiger partial charge on any atom is -0.493 e. The Balaban J connectivity index is 0.00000441. The minimum atomic E-state index is -0.444. The maximum atomic E-state index is 11.9. The number of amides is 1. The average Bonchev–Trinajstić information content (AvgIpc) is 2.52. The summed E-state index contributed by atoms with van der Waals surface area (Å²) in [5.41, 5.74) is 6.96. The van der Waals surface area contributed by atoms with E-state index in [0.29, 0.717) is 18.0 Å². The number of carbonyl (C=O) groups excluding carboxylic acids is 1. The SMILES string of the molecule is CCC(C)C(N)C(=O)NCCc1ccc(OC)c(OC)c1.Cl. The van der Waals surface area contributed by atoms with Gasteiger partial charge in [-0.05, 0) is 30.0 Å². The van der Waals surface area contributed by atoms with Crippen LogP contribution in [0.2, 0.25) is 0 Å². The van der Waals surface area contributed by atoms with Crippen LogP contribution >= 0.6 is 12.4 Å². The molecule has 5 nitrogen and oxygen atoms in total. The molecule has 2 unspecified atom stereocenters. The summed E-state index contributed by atoms with van der Waals surface area (Å²) in [5, 5.41) is 2.88. The van der Waals surface area contributed by atoms with E-state index in [9.17, 15) is 4.79 Å². The summed E-state index contributed by atoms with van der Waals surface area (Å²) in [6.45, 7) is 4.57. The Labute approximate surface area is 139 Å². The summed E-state index contributed by atoms with van der Waals surface area (Å²) >= 11 is 0. The maximum absolute atomic E-state index is 11.9. The van der Waals surface area contributed by atoms with Gasteiger partial charge in [0.2, 0.25) is 5.91 Å². The van der Waals surface area contributed by atoms with Gasteiger partial charge in [-0.2, -0.15) is 0 Å². The first-order valence-electron chi connectivity index (χ1n) is 7.27. The van der Waals surface area contributed by atoms with Crippen LogP contribution in [0, 0.1) is 5.92 Å². The van der Waals surface area contributed by atoms with Gasteiger partial charge in [-0.1, -0.05) is 26.3 Å². The van der Waals surface area contributed by atoms with Crippen molar-refractivity contribution in [1.82, 2.24) is 5.32 Å². The van der Waals surface area contributed by atoms with Gasteiger partial charge in [0.25, 0.3) is 0 Å². The van der Waals surface area contributed by atoms with Gasteiger partial charge in [0, 0.05) is 6.54 Å². The molecular weight excluding hydrogens is 304 g/mol. The van der Waals surface area contributed by atoms with Gasteiger partial charge in [0.05, 0.1) is 20.3 Å². The minimum absolute atomic E-state index is 0. The first-order chi connectivity index (χ1) is 10.0. The van der Waals surface area contributed by atoms with Crippen molar-refractivity contribution in [2.75, 3.05) is 20.8 Å². The largest absolute Gasteiger partial charge is 0.493 e. The van der Waals surface area contributed by atoms with E-state index in [0.717, 1.165) is 18.4 Å². The highest BCUT2D eigenvalue weighted by molar-refractivity contribution is 5.85. The van der Waals surface area contributed by atoms with Crippen LogP contribution in [-0.2, 0) is 11.2 Å².